The zero-order valence-corrected chi connectivity index (χ0v) is 30.2. The van der Waals surface area contributed by atoms with Crippen LogP contribution in [0.5, 0.6) is 0 Å². The Kier molecular flexibility index (Phi) is 21.5. The molecule has 50 heavy (non-hydrogen) atoms. The Morgan fingerprint density at radius 3 is 1.86 bits per heavy atom. The first-order valence-corrected chi connectivity index (χ1v) is 20.3. The highest BCUT2D eigenvalue weighted by molar-refractivity contribution is 7.47. The van der Waals surface area contributed by atoms with Crippen molar-refractivity contribution in [2.24, 2.45) is 0 Å². The van der Waals surface area contributed by atoms with Crippen LogP contribution in [-0.2, 0) is 50.9 Å². The third kappa shape index (κ3) is 19.8. The van der Waals surface area contributed by atoms with Crippen LogP contribution in [0.2, 0.25) is 0 Å². The number of ether oxygens (including phenoxy) is 2. The van der Waals surface area contributed by atoms with E-state index < -0.39 is 91.3 Å². The molecule has 8 atom stereocenters. The standard InChI is InChI=1S/C28H49O19P3/c1-3-5-7-9-10-11-12-13-15-17-22(30)44-20(18-42-21(29)16-14-8-6-4-2)19-43-50(40,41)47-26-23(31)24(32)27(45-48(34,35)36)28(25(26)33)46-49(37,38)39/h3,7,9,11-12,20,23-28,31-33H,1,4-6,8,10,13-19H2,2H3,(H,40,41)(H2,34,35,36)(H2,37,38,39)/b9-7+,12-11+/t20-,23-,24+,25+,26-,27-,28-/m1/s1. The van der Waals surface area contributed by atoms with Gasteiger partial charge in [0.1, 0.15) is 43.2 Å². The fraction of sp³-hybridized carbons (Fsp3) is 0.714. The van der Waals surface area contributed by atoms with Crippen LogP contribution in [-0.4, -0.2) is 108 Å². The van der Waals surface area contributed by atoms with Crippen LogP contribution in [0.4, 0.5) is 0 Å². The molecule has 1 aliphatic carbocycles. The third-order valence-corrected chi connectivity index (χ3v) is 8.86. The number of carbonyl (C=O) groups is 2. The van der Waals surface area contributed by atoms with Crippen molar-refractivity contribution >= 4 is 35.4 Å². The summed E-state index contributed by atoms with van der Waals surface area (Å²) in [6.45, 7) is 4.08. The minimum absolute atomic E-state index is 0.0581. The van der Waals surface area contributed by atoms with E-state index in [1.165, 1.54) is 0 Å². The molecular formula is C28H49O19P3. The molecule has 22 heteroatoms. The van der Waals surface area contributed by atoms with Crippen molar-refractivity contribution in [2.45, 2.75) is 114 Å². The van der Waals surface area contributed by atoms with Crippen molar-refractivity contribution in [3.8, 4) is 0 Å². The summed E-state index contributed by atoms with van der Waals surface area (Å²) in [5.41, 5.74) is 0. The van der Waals surface area contributed by atoms with E-state index in [1.54, 1.807) is 6.08 Å². The minimum Gasteiger partial charge on any atom is -0.462 e. The van der Waals surface area contributed by atoms with E-state index in [9.17, 15) is 53.3 Å². The molecule has 0 aromatic carbocycles. The van der Waals surface area contributed by atoms with E-state index in [-0.39, 0.29) is 12.8 Å². The van der Waals surface area contributed by atoms with Gasteiger partial charge in [0, 0.05) is 12.8 Å². The van der Waals surface area contributed by atoms with Gasteiger partial charge in [0.2, 0.25) is 0 Å². The zero-order chi connectivity index (χ0) is 38.0. The zero-order valence-electron chi connectivity index (χ0n) is 27.5. The van der Waals surface area contributed by atoms with Crippen LogP contribution >= 0.6 is 23.5 Å². The number of aliphatic hydroxyl groups excluding tert-OH is 3. The highest BCUT2D eigenvalue weighted by atomic mass is 31.2. The first-order chi connectivity index (χ1) is 23.3. The number of hydrogen-bond donors (Lipinski definition) is 8. The topological polar surface area (TPSA) is 303 Å². The highest BCUT2D eigenvalue weighted by Gasteiger charge is 2.56. The highest BCUT2D eigenvalue weighted by Crippen LogP contribution is 2.51. The summed E-state index contributed by atoms with van der Waals surface area (Å²) in [6.07, 6.45) is -1.51. The molecule has 8 N–H and O–H groups in total. The van der Waals surface area contributed by atoms with Gasteiger partial charge in [-0.15, -0.1) is 6.58 Å². The average Bonchev–Trinajstić information content (AvgIpc) is 3.01. The van der Waals surface area contributed by atoms with Crippen LogP contribution in [0.15, 0.2) is 37.0 Å². The molecule has 290 valence electrons. The average molecular weight is 783 g/mol. The van der Waals surface area contributed by atoms with E-state index >= 15 is 0 Å². The van der Waals surface area contributed by atoms with Crippen LogP contribution in [0, 0.1) is 0 Å². The third-order valence-electron chi connectivity index (χ3n) is 6.84. The van der Waals surface area contributed by atoms with Gasteiger partial charge >= 0.3 is 35.4 Å². The number of esters is 2. The number of phosphoric acid groups is 3. The molecule has 1 unspecified atom stereocenters. The van der Waals surface area contributed by atoms with Crippen LogP contribution in [0.25, 0.3) is 0 Å². The Morgan fingerprint density at radius 2 is 1.26 bits per heavy atom. The van der Waals surface area contributed by atoms with Gasteiger partial charge in [-0.2, -0.15) is 0 Å². The number of carbonyl (C=O) groups excluding carboxylic acids is 2. The molecule has 1 saturated carbocycles. The number of rotatable bonds is 25. The Hall–Kier alpha value is -1.63. The number of hydrogen-bond acceptors (Lipinski definition) is 14. The summed E-state index contributed by atoms with van der Waals surface area (Å²) < 4.78 is 64.3. The SMILES string of the molecule is C=CC/C=C/C/C=C/CCCC(=O)O[C@H](COC(=O)CCCCCC)COP(=O)(O)O[C@@H]1[C@H](O)[C@H](O)[C@@H](OP(=O)(O)O)[C@H](OP(=O)(O)O)[C@H]1O. The first kappa shape index (κ1) is 46.4. The molecule has 0 aromatic heterocycles. The summed E-state index contributed by atoms with van der Waals surface area (Å²) in [7, 11) is -16.6. The minimum atomic E-state index is -5.59. The Bertz CT molecular complexity index is 1250. The molecule has 0 amide bonds. The van der Waals surface area contributed by atoms with Crippen molar-refractivity contribution < 1.29 is 90.6 Å². The lowest BCUT2D eigenvalue weighted by molar-refractivity contribution is -0.213. The van der Waals surface area contributed by atoms with E-state index in [4.69, 9.17) is 28.3 Å². The predicted octanol–water partition coefficient (Wildman–Crippen LogP) is 2.22. The molecule has 1 rings (SSSR count). The van der Waals surface area contributed by atoms with Gasteiger partial charge in [0.25, 0.3) is 0 Å². The van der Waals surface area contributed by atoms with Gasteiger partial charge in [-0.1, -0.05) is 56.6 Å². The maximum absolute atomic E-state index is 12.9. The largest absolute Gasteiger partial charge is 0.472 e. The number of unbranched alkanes of at least 4 members (excludes halogenated alkanes) is 4. The van der Waals surface area contributed by atoms with E-state index in [0.29, 0.717) is 25.7 Å². The second kappa shape index (κ2) is 23.1. The maximum Gasteiger partial charge on any atom is 0.472 e. The van der Waals surface area contributed by atoms with Crippen LogP contribution in [0.1, 0.15) is 71.1 Å². The van der Waals surface area contributed by atoms with Crippen LogP contribution in [0.3, 0.4) is 0 Å². The molecule has 1 fully saturated rings. The molecule has 0 aliphatic heterocycles. The summed E-state index contributed by atoms with van der Waals surface area (Å²) in [4.78, 5) is 71.8. The molecule has 0 saturated heterocycles. The summed E-state index contributed by atoms with van der Waals surface area (Å²) >= 11 is 0. The van der Waals surface area contributed by atoms with Crippen molar-refractivity contribution in [1.29, 1.82) is 0 Å². The molecule has 0 heterocycles. The van der Waals surface area contributed by atoms with E-state index in [2.05, 4.69) is 15.6 Å². The molecular weight excluding hydrogens is 733 g/mol. The lowest BCUT2D eigenvalue weighted by atomic mass is 9.85. The predicted molar refractivity (Wildman–Crippen MR) is 174 cm³/mol. The van der Waals surface area contributed by atoms with Crippen molar-refractivity contribution in [3.63, 3.8) is 0 Å². The molecule has 0 radical (unpaired) electrons. The molecule has 0 aromatic rings. The van der Waals surface area contributed by atoms with E-state index in [0.717, 1.165) is 25.7 Å². The van der Waals surface area contributed by atoms with Gasteiger partial charge in [0.15, 0.2) is 6.10 Å². The quantitative estimate of drug-likeness (QED) is 0.0285. The number of allylic oxidation sites excluding steroid dienone is 5. The molecule has 0 spiro atoms. The van der Waals surface area contributed by atoms with Crippen LogP contribution < -0.4 is 0 Å². The van der Waals surface area contributed by atoms with Gasteiger partial charge in [0.05, 0.1) is 6.61 Å². The first-order valence-electron chi connectivity index (χ1n) is 15.7. The number of aliphatic hydroxyl groups is 3. The monoisotopic (exact) mass is 782 g/mol. The fourth-order valence-electron chi connectivity index (χ4n) is 4.48. The van der Waals surface area contributed by atoms with Gasteiger partial charge in [-0.05, 0) is 32.1 Å². The summed E-state index contributed by atoms with van der Waals surface area (Å²) in [5, 5.41) is 31.4. The van der Waals surface area contributed by atoms with Crippen molar-refractivity contribution in [3.05, 3.63) is 37.0 Å². The summed E-state index contributed by atoms with van der Waals surface area (Å²) in [5.74, 6) is -1.40. The second-order valence-corrected chi connectivity index (χ2v) is 14.9. The molecule has 1 aliphatic rings. The smallest absolute Gasteiger partial charge is 0.462 e. The van der Waals surface area contributed by atoms with Crippen molar-refractivity contribution in [1.82, 2.24) is 0 Å². The van der Waals surface area contributed by atoms with Crippen molar-refractivity contribution in [2.75, 3.05) is 13.2 Å². The Morgan fingerprint density at radius 1 is 0.700 bits per heavy atom. The van der Waals surface area contributed by atoms with Gasteiger partial charge < -0.3 is 49.3 Å². The molecule has 19 nitrogen and oxygen atoms in total. The van der Waals surface area contributed by atoms with Gasteiger partial charge in [-0.3, -0.25) is 27.7 Å². The van der Waals surface area contributed by atoms with E-state index in [1.807, 2.05) is 31.2 Å². The lowest BCUT2D eigenvalue weighted by Gasteiger charge is -2.44. The lowest BCUT2D eigenvalue weighted by Crippen LogP contribution is -2.65. The fourth-order valence-corrected chi connectivity index (χ4v) is 6.57. The Labute approximate surface area is 290 Å². The summed E-state index contributed by atoms with van der Waals surface area (Å²) in [6, 6.07) is 0. The molecule has 0 bridgehead atoms. The Balaban J connectivity index is 2.97. The normalized spacial score (nSPS) is 25.0. The number of phosphoric ester groups is 3. The second-order valence-electron chi connectivity index (χ2n) is 11.1. The maximum atomic E-state index is 12.9. The van der Waals surface area contributed by atoms with Gasteiger partial charge in [-0.25, -0.2) is 13.7 Å².